The highest BCUT2D eigenvalue weighted by molar-refractivity contribution is 6.00. The standard InChI is InChI=1S/C15H23NO2/c1-10-7-12(14(18-6)8-11(10)2)13(17)9-16-15(3,4)5/h7-8,16H,9H2,1-6H3. The van der Waals surface area contributed by atoms with Gasteiger partial charge in [-0.25, -0.2) is 0 Å². The van der Waals surface area contributed by atoms with Gasteiger partial charge >= 0.3 is 0 Å². The molecule has 3 nitrogen and oxygen atoms in total. The van der Waals surface area contributed by atoms with Crippen molar-refractivity contribution < 1.29 is 9.53 Å². The normalized spacial score (nSPS) is 11.4. The summed E-state index contributed by atoms with van der Waals surface area (Å²) in [5.74, 6) is 0.712. The molecule has 0 atom stereocenters. The molecular formula is C15H23NO2. The van der Waals surface area contributed by atoms with Gasteiger partial charge in [-0.1, -0.05) is 0 Å². The number of benzene rings is 1. The zero-order chi connectivity index (χ0) is 13.9. The predicted octanol–water partition coefficient (Wildman–Crippen LogP) is 2.88. The number of ketones is 1. The first kappa shape index (κ1) is 14.7. The first-order chi connectivity index (χ1) is 8.24. The Hall–Kier alpha value is -1.35. The highest BCUT2D eigenvalue weighted by Crippen LogP contribution is 2.23. The van der Waals surface area contributed by atoms with Gasteiger partial charge in [-0.3, -0.25) is 4.79 Å². The molecule has 0 aliphatic rings. The lowest BCUT2D eigenvalue weighted by atomic mass is 10.0. The monoisotopic (exact) mass is 249 g/mol. The van der Waals surface area contributed by atoms with Crippen LogP contribution in [0.3, 0.4) is 0 Å². The van der Waals surface area contributed by atoms with E-state index in [-0.39, 0.29) is 11.3 Å². The van der Waals surface area contributed by atoms with Crippen molar-refractivity contribution in [2.24, 2.45) is 0 Å². The molecule has 0 aromatic heterocycles. The van der Waals surface area contributed by atoms with Crippen molar-refractivity contribution >= 4 is 5.78 Å². The second kappa shape index (κ2) is 5.53. The van der Waals surface area contributed by atoms with Crippen LogP contribution in [0.2, 0.25) is 0 Å². The number of rotatable bonds is 4. The molecule has 0 aliphatic carbocycles. The smallest absolute Gasteiger partial charge is 0.180 e. The van der Waals surface area contributed by atoms with Crippen molar-refractivity contribution in [2.45, 2.75) is 40.2 Å². The lowest BCUT2D eigenvalue weighted by Crippen LogP contribution is -2.39. The first-order valence-corrected chi connectivity index (χ1v) is 6.18. The van der Waals surface area contributed by atoms with Crippen molar-refractivity contribution in [3.05, 3.63) is 28.8 Å². The van der Waals surface area contributed by atoms with E-state index in [9.17, 15) is 4.79 Å². The quantitative estimate of drug-likeness (QED) is 0.834. The highest BCUT2D eigenvalue weighted by atomic mass is 16.5. The van der Waals surface area contributed by atoms with Crippen LogP contribution in [0.15, 0.2) is 12.1 Å². The van der Waals surface area contributed by atoms with Crippen molar-refractivity contribution in [3.8, 4) is 5.75 Å². The Morgan fingerprint density at radius 1 is 1.22 bits per heavy atom. The van der Waals surface area contributed by atoms with E-state index in [1.54, 1.807) is 7.11 Å². The summed E-state index contributed by atoms with van der Waals surface area (Å²) in [7, 11) is 1.60. The summed E-state index contributed by atoms with van der Waals surface area (Å²) in [6, 6.07) is 3.82. The maximum Gasteiger partial charge on any atom is 0.180 e. The number of nitrogens with one attached hydrogen (secondary N) is 1. The molecule has 0 radical (unpaired) electrons. The zero-order valence-corrected chi connectivity index (χ0v) is 12.2. The predicted molar refractivity (Wildman–Crippen MR) is 74.6 cm³/mol. The maximum absolute atomic E-state index is 12.2. The van der Waals surface area contributed by atoms with Crippen LogP contribution in [0.5, 0.6) is 5.75 Å². The van der Waals surface area contributed by atoms with Crippen LogP contribution in [0.1, 0.15) is 42.3 Å². The van der Waals surface area contributed by atoms with E-state index in [2.05, 4.69) is 5.32 Å². The second-order valence-corrected chi connectivity index (χ2v) is 5.66. The van der Waals surface area contributed by atoms with Gasteiger partial charge in [0.2, 0.25) is 0 Å². The van der Waals surface area contributed by atoms with Crippen molar-refractivity contribution in [1.82, 2.24) is 5.32 Å². The molecule has 1 aromatic rings. The number of carbonyl (C=O) groups is 1. The van der Waals surface area contributed by atoms with Crippen molar-refractivity contribution in [1.29, 1.82) is 0 Å². The summed E-state index contributed by atoms with van der Waals surface area (Å²) < 4.78 is 5.29. The summed E-state index contributed by atoms with van der Waals surface area (Å²) in [6.07, 6.45) is 0. The molecule has 0 saturated carbocycles. The summed E-state index contributed by atoms with van der Waals surface area (Å²) in [4.78, 5) is 12.2. The third-order valence-corrected chi connectivity index (χ3v) is 2.90. The lowest BCUT2D eigenvalue weighted by Gasteiger charge is -2.20. The molecule has 18 heavy (non-hydrogen) atoms. The van der Waals surface area contributed by atoms with E-state index in [1.807, 2.05) is 46.8 Å². The van der Waals surface area contributed by atoms with Crippen LogP contribution in [-0.4, -0.2) is 25.0 Å². The van der Waals surface area contributed by atoms with Gasteiger partial charge in [-0.15, -0.1) is 0 Å². The number of methoxy groups -OCH3 is 1. The van der Waals surface area contributed by atoms with Gasteiger partial charge < -0.3 is 10.1 Å². The Morgan fingerprint density at radius 3 is 2.28 bits per heavy atom. The maximum atomic E-state index is 12.2. The lowest BCUT2D eigenvalue weighted by molar-refractivity contribution is 0.0979. The molecular weight excluding hydrogens is 226 g/mol. The topological polar surface area (TPSA) is 38.3 Å². The summed E-state index contributed by atoms with van der Waals surface area (Å²) in [5.41, 5.74) is 2.82. The first-order valence-electron chi connectivity index (χ1n) is 6.18. The van der Waals surface area contributed by atoms with E-state index in [4.69, 9.17) is 4.74 Å². The molecule has 0 heterocycles. The zero-order valence-electron chi connectivity index (χ0n) is 12.2. The minimum Gasteiger partial charge on any atom is -0.496 e. The van der Waals surface area contributed by atoms with Crippen LogP contribution in [0.25, 0.3) is 0 Å². The molecule has 1 rings (SSSR count). The molecule has 3 heteroatoms. The fraction of sp³-hybridized carbons (Fsp3) is 0.533. The second-order valence-electron chi connectivity index (χ2n) is 5.66. The summed E-state index contributed by atoms with van der Waals surface area (Å²) in [6.45, 7) is 10.5. The van der Waals surface area contributed by atoms with Crippen LogP contribution in [-0.2, 0) is 0 Å². The van der Waals surface area contributed by atoms with Crippen molar-refractivity contribution in [3.63, 3.8) is 0 Å². The van der Waals surface area contributed by atoms with Gasteiger partial charge in [-0.2, -0.15) is 0 Å². The number of ether oxygens (including phenoxy) is 1. The molecule has 1 aromatic carbocycles. The number of hydrogen-bond acceptors (Lipinski definition) is 3. The fourth-order valence-corrected chi connectivity index (χ4v) is 1.62. The molecule has 0 bridgehead atoms. The molecule has 0 amide bonds. The summed E-state index contributed by atoms with van der Waals surface area (Å²) in [5, 5.41) is 3.20. The number of Topliss-reactive ketones (excluding diaryl/α,β-unsaturated/α-hetero) is 1. The van der Waals surface area contributed by atoms with E-state index >= 15 is 0 Å². The average Bonchev–Trinajstić information content (AvgIpc) is 2.28. The van der Waals surface area contributed by atoms with E-state index in [1.165, 1.54) is 0 Å². The van der Waals surface area contributed by atoms with Crippen molar-refractivity contribution in [2.75, 3.05) is 13.7 Å². The van der Waals surface area contributed by atoms with E-state index in [0.717, 1.165) is 11.1 Å². The average molecular weight is 249 g/mol. The van der Waals surface area contributed by atoms with Crippen LogP contribution in [0, 0.1) is 13.8 Å². The van der Waals surface area contributed by atoms with Gasteiger partial charge in [0, 0.05) is 5.54 Å². The Morgan fingerprint density at radius 2 is 1.78 bits per heavy atom. The van der Waals surface area contributed by atoms with E-state index < -0.39 is 0 Å². The Labute approximate surface area is 110 Å². The molecule has 1 N–H and O–H groups in total. The van der Waals surface area contributed by atoms with E-state index in [0.29, 0.717) is 17.9 Å². The Kier molecular flexibility index (Phi) is 4.52. The van der Waals surface area contributed by atoms with Crippen LogP contribution < -0.4 is 10.1 Å². The molecule has 0 saturated heterocycles. The van der Waals surface area contributed by atoms with Crippen LogP contribution >= 0.6 is 0 Å². The largest absolute Gasteiger partial charge is 0.496 e. The Bertz CT molecular complexity index is 445. The molecule has 0 spiro atoms. The molecule has 0 unspecified atom stereocenters. The minimum atomic E-state index is -0.0668. The van der Waals surface area contributed by atoms with Crippen LogP contribution in [0.4, 0.5) is 0 Å². The fourth-order valence-electron chi connectivity index (χ4n) is 1.62. The number of hydrogen-bond donors (Lipinski definition) is 1. The minimum absolute atomic E-state index is 0.0601. The highest BCUT2D eigenvalue weighted by Gasteiger charge is 2.16. The van der Waals surface area contributed by atoms with Gasteiger partial charge in [0.05, 0.1) is 19.2 Å². The molecule has 0 fully saturated rings. The molecule has 0 aliphatic heterocycles. The third-order valence-electron chi connectivity index (χ3n) is 2.90. The third kappa shape index (κ3) is 3.84. The van der Waals surface area contributed by atoms with Gasteiger partial charge in [0.1, 0.15) is 5.75 Å². The summed E-state index contributed by atoms with van der Waals surface area (Å²) >= 11 is 0. The van der Waals surface area contributed by atoms with Gasteiger partial charge in [0.25, 0.3) is 0 Å². The SMILES string of the molecule is COc1cc(C)c(C)cc1C(=O)CNC(C)(C)C. The van der Waals surface area contributed by atoms with Gasteiger partial charge in [0.15, 0.2) is 5.78 Å². The Balaban J connectivity index is 2.95. The van der Waals surface area contributed by atoms with Gasteiger partial charge in [-0.05, 0) is 57.9 Å². The number of carbonyl (C=O) groups excluding carboxylic acids is 1. The molecule has 100 valence electrons. The number of aryl methyl sites for hydroxylation is 2.